The summed E-state index contributed by atoms with van der Waals surface area (Å²) in [7, 11) is 2.95. The van der Waals surface area contributed by atoms with E-state index in [1.807, 2.05) is 6.92 Å². The molecular formula is C18H17BrN4O3. The number of aryl methyl sites for hydroxylation is 2. The number of fused-ring (bicyclic) bond motifs is 1. The Morgan fingerprint density at radius 1 is 1.15 bits per heavy atom. The minimum absolute atomic E-state index is 0.222. The molecule has 1 amide bonds. The Bertz CT molecular complexity index is 1130. The van der Waals surface area contributed by atoms with Crippen molar-refractivity contribution in [3.63, 3.8) is 0 Å². The lowest BCUT2D eigenvalue weighted by molar-refractivity contribution is 0.102. The van der Waals surface area contributed by atoms with E-state index in [-0.39, 0.29) is 16.9 Å². The van der Waals surface area contributed by atoms with Crippen molar-refractivity contribution < 1.29 is 4.79 Å². The van der Waals surface area contributed by atoms with Gasteiger partial charge in [0.15, 0.2) is 5.65 Å². The highest BCUT2D eigenvalue weighted by Gasteiger charge is 2.18. The van der Waals surface area contributed by atoms with Crippen LogP contribution in [0.2, 0.25) is 0 Å². The number of benzene rings is 1. The summed E-state index contributed by atoms with van der Waals surface area (Å²) >= 11 is 3.33. The van der Waals surface area contributed by atoms with E-state index in [1.54, 1.807) is 37.5 Å². The lowest BCUT2D eigenvalue weighted by Crippen LogP contribution is -2.38. The van der Waals surface area contributed by atoms with Crippen LogP contribution in [0.5, 0.6) is 0 Å². The molecule has 3 aromatic rings. The molecule has 0 saturated carbocycles. The first-order valence-corrected chi connectivity index (χ1v) is 8.79. The van der Waals surface area contributed by atoms with Gasteiger partial charge in [-0.25, -0.2) is 9.78 Å². The Hall–Kier alpha value is -2.74. The molecule has 0 saturated heterocycles. The Morgan fingerprint density at radius 2 is 1.81 bits per heavy atom. The second kappa shape index (κ2) is 6.87. The predicted molar refractivity (Wildman–Crippen MR) is 104 cm³/mol. The summed E-state index contributed by atoms with van der Waals surface area (Å²) in [5, 5.41) is 3.05. The first-order valence-electron chi connectivity index (χ1n) is 7.99. The Balaban J connectivity index is 2.24. The normalized spacial score (nSPS) is 10.9. The number of amides is 1. The van der Waals surface area contributed by atoms with Gasteiger partial charge in [-0.2, -0.15) is 0 Å². The zero-order valence-corrected chi connectivity index (χ0v) is 16.1. The maximum Gasteiger partial charge on any atom is 0.332 e. The molecule has 0 fully saturated rings. The molecule has 0 aliphatic heterocycles. The summed E-state index contributed by atoms with van der Waals surface area (Å²) in [6.07, 6.45) is 2.16. The average molecular weight is 417 g/mol. The number of aromatic nitrogens is 3. The number of carbonyl (C=O) groups excluding carboxylic acids is 1. The number of rotatable bonds is 3. The highest BCUT2D eigenvalue weighted by molar-refractivity contribution is 9.10. The highest BCUT2D eigenvalue weighted by atomic mass is 79.9. The zero-order chi connectivity index (χ0) is 19.0. The van der Waals surface area contributed by atoms with Crippen molar-refractivity contribution in [1.82, 2.24) is 14.1 Å². The largest absolute Gasteiger partial charge is 0.332 e. The topological polar surface area (TPSA) is 86.0 Å². The number of nitrogens with zero attached hydrogens (tertiary/aromatic N) is 3. The average Bonchev–Trinajstić information content (AvgIpc) is 2.64. The standard InChI is InChI=1S/C18H17BrN4O3/c1-4-10-9-20-15-13(17(25)23(3)18(26)22(15)2)14(10)21-16(24)11-5-7-12(19)8-6-11/h5-9H,4H2,1-3H3,(H,20,21,24). The van der Waals surface area contributed by atoms with E-state index >= 15 is 0 Å². The molecule has 26 heavy (non-hydrogen) atoms. The van der Waals surface area contributed by atoms with Gasteiger partial charge < -0.3 is 5.32 Å². The SMILES string of the molecule is CCc1cnc2c(c1NC(=O)c1ccc(Br)cc1)c(=O)n(C)c(=O)n2C. The number of halogens is 1. The molecule has 0 unspecified atom stereocenters. The number of anilines is 1. The molecule has 0 bridgehead atoms. The molecule has 134 valence electrons. The summed E-state index contributed by atoms with van der Waals surface area (Å²) in [6.45, 7) is 1.91. The molecule has 7 nitrogen and oxygen atoms in total. The van der Waals surface area contributed by atoms with Crippen LogP contribution >= 0.6 is 15.9 Å². The second-order valence-corrected chi connectivity index (χ2v) is 6.79. The van der Waals surface area contributed by atoms with Gasteiger partial charge in [0, 0.05) is 30.3 Å². The maximum atomic E-state index is 12.7. The van der Waals surface area contributed by atoms with Crippen molar-refractivity contribution in [2.75, 3.05) is 5.32 Å². The molecule has 0 radical (unpaired) electrons. The molecule has 0 spiro atoms. The van der Waals surface area contributed by atoms with Crippen LogP contribution in [0.4, 0.5) is 5.69 Å². The van der Waals surface area contributed by atoms with Crippen LogP contribution in [0.15, 0.2) is 44.5 Å². The lowest BCUT2D eigenvalue weighted by atomic mass is 10.1. The smallest absolute Gasteiger partial charge is 0.321 e. The summed E-state index contributed by atoms with van der Waals surface area (Å²) < 4.78 is 3.17. The number of pyridine rings is 1. The summed E-state index contributed by atoms with van der Waals surface area (Å²) in [5.74, 6) is -0.337. The highest BCUT2D eigenvalue weighted by Crippen LogP contribution is 2.24. The van der Waals surface area contributed by atoms with Crippen LogP contribution in [0.25, 0.3) is 11.0 Å². The quantitative estimate of drug-likeness (QED) is 0.708. The Kier molecular flexibility index (Phi) is 4.78. The van der Waals surface area contributed by atoms with Crippen LogP contribution in [0.3, 0.4) is 0 Å². The molecule has 3 rings (SSSR count). The predicted octanol–water partition coefficient (Wildman–Crippen LogP) is 2.21. The van der Waals surface area contributed by atoms with Gasteiger partial charge in [-0.15, -0.1) is 0 Å². The summed E-state index contributed by atoms with van der Waals surface area (Å²) in [4.78, 5) is 41.8. The summed E-state index contributed by atoms with van der Waals surface area (Å²) in [5.41, 5.74) is 0.852. The first kappa shape index (κ1) is 18.1. The number of hydrogen-bond acceptors (Lipinski definition) is 4. The maximum absolute atomic E-state index is 12.7. The molecule has 2 heterocycles. The van der Waals surface area contributed by atoms with Crippen LogP contribution in [-0.2, 0) is 20.5 Å². The fourth-order valence-corrected chi connectivity index (χ4v) is 3.03. The molecule has 8 heteroatoms. The van der Waals surface area contributed by atoms with E-state index in [2.05, 4.69) is 26.2 Å². The van der Waals surface area contributed by atoms with E-state index in [0.29, 0.717) is 17.7 Å². The first-order chi connectivity index (χ1) is 12.3. The minimum Gasteiger partial charge on any atom is -0.321 e. The fourth-order valence-electron chi connectivity index (χ4n) is 2.77. The van der Waals surface area contributed by atoms with E-state index in [1.165, 1.54) is 11.6 Å². The molecule has 2 aromatic heterocycles. The van der Waals surface area contributed by atoms with Crippen molar-refractivity contribution in [1.29, 1.82) is 0 Å². The van der Waals surface area contributed by atoms with E-state index in [4.69, 9.17) is 0 Å². The van der Waals surface area contributed by atoms with Crippen LogP contribution < -0.4 is 16.6 Å². The van der Waals surface area contributed by atoms with E-state index < -0.39 is 11.2 Å². The zero-order valence-electron chi connectivity index (χ0n) is 14.5. The third-order valence-corrected chi connectivity index (χ3v) is 4.80. The van der Waals surface area contributed by atoms with Gasteiger partial charge in [0.25, 0.3) is 11.5 Å². The summed E-state index contributed by atoms with van der Waals surface area (Å²) in [6, 6.07) is 6.90. The fraction of sp³-hybridized carbons (Fsp3) is 0.222. The third-order valence-electron chi connectivity index (χ3n) is 4.27. The Labute approximate surface area is 157 Å². The van der Waals surface area contributed by atoms with Crippen molar-refractivity contribution in [2.24, 2.45) is 14.1 Å². The van der Waals surface area contributed by atoms with Gasteiger partial charge >= 0.3 is 5.69 Å². The van der Waals surface area contributed by atoms with Crippen molar-refractivity contribution in [3.8, 4) is 0 Å². The number of carbonyl (C=O) groups is 1. The van der Waals surface area contributed by atoms with Gasteiger partial charge in [0.05, 0.1) is 5.69 Å². The van der Waals surface area contributed by atoms with Crippen LogP contribution in [0, 0.1) is 0 Å². The molecular weight excluding hydrogens is 400 g/mol. The molecule has 0 atom stereocenters. The monoisotopic (exact) mass is 416 g/mol. The third kappa shape index (κ3) is 2.96. The van der Waals surface area contributed by atoms with E-state index in [9.17, 15) is 14.4 Å². The number of hydrogen-bond donors (Lipinski definition) is 1. The Morgan fingerprint density at radius 3 is 2.42 bits per heavy atom. The molecule has 1 aromatic carbocycles. The van der Waals surface area contributed by atoms with Crippen LogP contribution in [-0.4, -0.2) is 20.0 Å². The van der Waals surface area contributed by atoms with Gasteiger partial charge in [-0.1, -0.05) is 22.9 Å². The molecule has 1 N–H and O–H groups in total. The van der Waals surface area contributed by atoms with Crippen LogP contribution in [0.1, 0.15) is 22.8 Å². The molecule has 0 aliphatic rings. The van der Waals surface area contributed by atoms with Gasteiger partial charge in [-0.3, -0.25) is 18.7 Å². The van der Waals surface area contributed by atoms with Crippen molar-refractivity contribution >= 4 is 38.6 Å². The van der Waals surface area contributed by atoms with Crippen molar-refractivity contribution in [2.45, 2.75) is 13.3 Å². The van der Waals surface area contributed by atoms with Gasteiger partial charge in [0.1, 0.15) is 5.39 Å². The van der Waals surface area contributed by atoms with Gasteiger partial charge in [0.2, 0.25) is 0 Å². The second-order valence-electron chi connectivity index (χ2n) is 5.88. The van der Waals surface area contributed by atoms with E-state index in [0.717, 1.165) is 14.6 Å². The lowest BCUT2D eigenvalue weighted by Gasteiger charge is -2.15. The van der Waals surface area contributed by atoms with Crippen molar-refractivity contribution in [3.05, 3.63) is 66.9 Å². The minimum atomic E-state index is -0.489. The number of nitrogens with one attached hydrogen (secondary N) is 1. The van der Waals surface area contributed by atoms with Gasteiger partial charge in [-0.05, 0) is 36.2 Å². The molecule has 0 aliphatic carbocycles.